The SMILES string of the molecule is Cc1ccc2[nH]c3c(c2c1)CCC(NC(=O)C(C)(C)C)C3. The highest BCUT2D eigenvalue weighted by molar-refractivity contribution is 5.86. The van der Waals surface area contributed by atoms with Crippen molar-refractivity contribution in [3.8, 4) is 0 Å². The normalized spacial score (nSPS) is 18.6. The van der Waals surface area contributed by atoms with Crippen LogP contribution in [0.15, 0.2) is 18.2 Å². The van der Waals surface area contributed by atoms with E-state index in [0.29, 0.717) is 0 Å². The van der Waals surface area contributed by atoms with Crippen LogP contribution in [0.5, 0.6) is 0 Å². The molecule has 0 radical (unpaired) electrons. The zero-order chi connectivity index (χ0) is 15.2. The monoisotopic (exact) mass is 284 g/mol. The van der Waals surface area contributed by atoms with Crippen molar-refractivity contribution in [3.63, 3.8) is 0 Å². The van der Waals surface area contributed by atoms with Crippen LogP contribution in [0, 0.1) is 12.3 Å². The van der Waals surface area contributed by atoms with Gasteiger partial charge in [0.05, 0.1) is 0 Å². The zero-order valence-electron chi connectivity index (χ0n) is 13.3. The van der Waals surface area contributed by atoms with Gasteiger partial charge in [0.1, 0.15) is 0 Å². The number of hydrogen-bond donors (Lipinski definition) is 2. The summed E-state index contributed by atoms with van der Waals surface area (Å²) in [7, 11) is 0. The number of carbonyl (C=O) groups excluding carboxylic acids is 1. The standard InChI is InChI=1S/C18H24N2O/c1-11-5-8-15-14(9-11)13-7-6-12(10-16(13)20-15)19-17(21)18(2,3)4/h5,8-9,12,20H,6-7,10H2,1-4H3,(H,19,21). The molecule has 3 nitrogen and oxygen atoms in total. The maximum absolute atomic E-state index is 12.1. The fourth-order valence-electron chi connectivity index (χ4n) is 3.07. The van der Waals surface area contributed by atoms with Crippen molar-refractivity contribution < 1.29 is 4.79 Å². The van der Waals surface area contributed by atoms with E-state index in [1.807, 2.05) is 20.8 Å². The number of carbonyl (C=O) groups is 1. The number of aryl methyl sites for hydroxylation is 2. The Morgan fingerprint density at radius 3 is 2.81 bits per heavy atom. The molecule has 0 aliphatic heterocycles. The van der Waals surface area contributed by atoms with Gasteiger partial charge < -0.3 is 10.3 Å². The van der Waals surface area contributed by atoms with Gasteiger partial charge in [-0.05, 0) is 37.5 Å². The molecule has 0 saturated heterocycles. The number of benzene rings is 1. The molecule has 1 aromatic heterocycles. The summed E-state index contributed by atoms with van der Waals surface area (Å²) in [6, 6.07) is 6.81. The third-order valence-corrected chi connectivity index (χ3v) is 4.36. The smallest absolute Gasteiger partial charge is 0.225 e. The molecule has 1 heterocycles. The van der Waals surface area contributed by atoms with Crippen molar-refractivity contribution in [2.75, 3.05) is 0 Å². The molecule has 0 bridgehead atoms. The highest BCUT2D eigenvalue weighted by atomic mass is 16.2. The van der Waals surface area contributed by atoms with E-state index in [2.05, 4.69) is 35.4 Å². The van der Waals surface area contributed by atoms with Gasteiger partial charge in [-0.1, -0.05) is 32.4 Å². The molecule has 0 fully saturated rings. The second-order valence-electron chi connectivity index (χ2n) is 7.29. The number of hydrogen-bond acceptors (Lipinski definition) is 1. The van der Waals surface area contributed by atoms with E-state index in [-0.39, 0.29) is 17.4 Å². The molecule has 1 aliphatic carbocycles. The summed E-state index contributed by atoms with van der Waals surface area (Å²) in [6.45, 7) is 8.01. The lowest BCUT2D eigenvalue weighted by Crippen LogP contribution is -2.44. The molecule has 1 unspecified atom stereocenters. The van der Waals surface area contributed by atoms with Crippen LogP contribution in [0.4, 0.5) is 0 Å². The Morgan fingerprint density at radius 1 is 1.33 bits per heavy atom. The number of fused-ring (bicyclic) bond motifs is 3. The van der Waals surface area contributed by atoms with Gasteiger partial charge >= 0.3 is 0 Å². The summed E-state index contributed by atoms with van der Waals surface area (Å²) in [4.78, 5) is 15.7. The lowest BCUT2D eigenvalue weighted by molar-refractivity contribution is -0.129. The Morgan fingerprint density at radius 2 is 2.10 bits per heavy atom. The molecule has 2 aromatic rings. The maximum Gasteiger partial charge on any atom is 0.225 e. The summed E-state index contributed by atoms with van der Waals surface area (Å²) in [6.07, 6.45) is 2.97. The third kappa shape index (κ3) is 2.69. The average Bonchev–Trinajstić information content (AvgIpc) is 2.74. The Hall–Kier alpha value is -1.77. The van der Waals surface area contributed by atoms with Crippen LogP contribution in [0.1, 0.15) is 44.0 Å². The van der Waals surface area contributed by atoms with Crippen molar-refractivity contribution in [3.05, 3.63) is 35.0 Å². The minimum absolute atomic E-state index is 0.142. The molecule has 0 spiro atoms. The van der Waals surface area contributed by atoms with Gasteiger partial charge in [-0.3, -0.25) is 4.79 Å². The molecule has 0 saturated carbocycles. The van der Waals surface area contributed by atoms with Crippen LogP contribution in [0.3, 0.4) is 0 Å². The second-order valence-corrected chi connectivity index (χ2v) is 7.29. The van der Waals surface area contributed by atoms with E-state index in [4.69, 9.17) is 0 Å². The molecule has 3 rings (SSSR count). The summed E-state index contributed by atoms with van der Waals surface area (Å²) >= 11 is 0. The molecule has 3 heteroatoms. The van der Waals surface area contributed by atoms with Gasteiger partial charge in [0.15, 0.2) is 0 Å². The van der Waals surface area contributed by atoms with Crippen molar-refractivity contribution in [1.82, 2.24) is 10.3 Å². The van der Waals surface area contributed by atoms with Crippen LogP contribution in [0.2, 0.25) is 0 Å². The lowest BCUT2D eigenvalue weighted by atomic mass is 9.89. The van der Waals surface area contributed by atoms with E-state index in [1.165, 1.54) is 27.7 Å². The Kier molecular flexibility index (Phi) is 3.31. The molecule has 1 aliphatic rings. The van der Waals surface area contributed by atoms with E-state index >= 15 is 0 Å². The van der Waals surface area contributed by atoms with Gasteiger partial charge in [0, 0.05) is 34.5 Å². The largest absolute Gasteiger partial charge is 0.358 e. The van der Waals surface area contributed by atoms with Crippen LogP contribution < -0.4 is 5.32 Å². The number of rotatable bonds is 1. The zero-order valence-corrected chi connectivity index (χ0v) is 13.3. The van der Waals surface area contributed by atoms with E-state index in [1.54, 1.807) is 0 Å². The molecule has 1 aromatic carbocycles. The lowest BCUT2D eigenvalue weighted by Gasteiger charge is -2.27. The van der Waals surface area contributed by atoms with Crippen molar-refractivity contribution in [1.29, 1.82) is 0 Å². The van der Waals surface area contributed by atoms with Crippen LogP contribution in [-0.4, -0.2) is 16.9 Å². The van der Waals surface area contributed by atoms with Gasteiger partial charge in [-0.2, -0.15) is 0 Å². The highest BCUT2D eigenvalue weighted by Crippen LogP contribution is 2.30. The number of aromatic amines is 1. The molecular weight excluding hydrogens is 260 g/mol. The first kappa shape index (κ1) is 14.2. The summed E-state index contributed by atoms with van der Waals surface area (Å²) in [5, 5.41) is 4.55. The fourth-order valence-corrected chi connectivity index (χ4v) is 3.07. The molecule has 2 N–H and O–H groups in total. The molecule has 21 heavy (non-hydrogen) atoms. The first-order chi connectivity index (χ1) is 9.84. The predicted octanol–water partition coefficient (Wildman–Crippen LogP) is 3.50. The number of nitrogens with one attached hydrogen (secondary N) is 2. The van der Waals surface area contributed by atoms with E-state index in [9.17, 15) is 4.79 Å². The van der Waals surface area contributed by atoms with Crippen molar-refractivity contribution in [2.45, 2.75) is 53.0 Å². The topological polar surface area (TPSA) is 44.9 Å². The van der Waals surface area contributed by atoms with Gasteiger partial charge in [-0.15, -0.1) is 0 Å². The van der Waals surface area contributed by atoms with Crippen molar-refractivity contribution >= 4 is 16.8 Å². The summed E-state index contributed by atoms with van der Waals surface area (Å²) < 4.78 is 0. The molecule has 1 atom stereocenters. The van der Waals surface area contributed by atoms with Gasteiger partial charge in [0.2, 0.25) is 5.91 Å². The number of aromatic nitrogens is 1. The first-order valence-corrected chi connectivity index (χ1v) is 7.75. The van der Waals surface area contributed by atoms with Gasteiger partial charge in [0.25, 0.3) is 0 Å². The average molecular weight is 284 g/mol. The maximum atomic E-state index is 12.1. The second kappa shape index (κ2) is 4.90. The molecular formula is C18H24N2O. The Balaban J connectivity index is 1.83. The summed E-state index contributed by atoms with van der Waals surface area (Å²) in [5.74, 6) is 0.142. The third-order valence-electron chi connectivity index (χ3n) is 4.36. The Labute approximate surface area is 126 Å². The van der Waals surface area contributed by atoms with Crippen LogP contribution >= 0.6 is 0 Å². The number of H-pyrrole nitrogens is 1. The molecule has 112 valence electrons. The first-order valence-electron chi connectivity index (χ1n) is 7.75. The quantitative estimate of drug-likeness (QED) is 0.827. The fraction of sp³-hybridized carbons (Fsp3) is 0.500. The minimum Gasteiger partial charge on any atom is -0.358 e. The predicted molar refractivity (Wildman–Crippen MR) is 86.4 cm³/mol. The Bertz CT molecular complexity index is 691. The molecule has 1 amide bonds. The number of amides is 1. The van der Waals surface area contributed by atoms with Gasteiger partial charge in [-0.25, -0.2) is 0 Å². The minimum atomic E-state index is -0.322. The van der Waals surface area contributed by atoms with E-state index in [0.717, 1.165) is 19.3 Å². The highest BCUT2D eigenvalue weighted by Gasteiger charge is 2.27. The van der Waals surface area contributed by atoms with Crippen LogP contribution in [-0.2, 0) is 17.6 Å². The van der Waals surface area contributed by atoms with E-state index < -0.39 is 0 Å². The van der Waals surface area contributed by atoms with Crippen molar-refractivity contribution in [2.24, 2.45) is 5.41 Å². The summed E-state index contributed by atoms with van der Waals surface area (Å²) in [5.41, 5.74) is 4.93. The van der Waals surface area contributed by atoms with Crippen LogP contribution in [0.25, 0.3) is 10.9 Å².